The quantitative estimate of drug-likeness (QED) is 0.727. The predicted molar refractivity (Wildman–Crippen MR) is 48.9 cm³/mol. The summed E-state index contributed by atoms with van der Waals surface area (Å²) in [6.07, 6.45) is 1.72. The van der Waals surface area contributed by atoms with Gasteiger partial charge in [0.25, 0.3) is 0 Å². The summed E-state index contributed by atoms with van der Waals surface area (Å²) < 4.78 is 0. The molecule has 1 fully saturated rings. The van der Waals surface area contributed by atoms with Crippen LogP contribution in [0.2, 0.25) is 0 Å². The van der Waals surface area contributed by atoms with Gasteiger partial charge in [-0.05, 0) is 0 Å². The third-order valence-electron chi connectivity index (χ3n) is 2.30. The van der Waals surface area contributed by atoms with Crippen LogP contribution in [0.5, 0.6) is 0 Å². The molecular weight excluding hydrogens is 188 g/mol. The minimum Gasteiger partial charge on any atom is -0.481 e. The fraction of sp³-hybridized carbons (Fsp3) is 0.500. The first-order chi connectivity index (χ1) is 6.29. The smallest absolute Gasteiger partial charge is 0.308 e. The number of hydrogen-bond donors (Lipinski definition) is 2. The highest BCUT2D eigenvalue weighted by Gasteiger charge is 2.35. The molecule has 2 atom stereocenters. The molecule has 4 nitrogen and oxygen atoms in total. The number of rotatable bonds is 2. The fourth-order valence-electron chi connectivity index (χ4n) is 1.62. The molecule has 0 aromatic carbocycles. The van der Waals surface area contributed by atoms with E-state index >= 15 is 0 Å². The van der Waals surface area contributed by atoms with Gasteiger partial charge < -0.3 is 10.4 Å². The summed E-state index contributed by atoms with van der Waals surface area (Å²) in [4.78, 5) is 15.0. The maximum Gasteiger partial charge on any atom is 0.308 e. The van der Waals surface area contributed by atoms with Gasteiger partial charge in [-0.15, -0.1) is 11.3 Å². The molecular formula is C8H10N2O2S. The Kier molecular flexibility index (Phi) is 2.28. The van der Waals surface area contributed by atoms with E-state index in [1.54, 1.807) is 6.20 Å². The summed E-state index contributed by atoms with van der Waals surface area (Å²) in [5, 5.41) is 14.8. The Labute approximate surface area is 79.6 Å². The van der Waals surface area contributed by atoms with Crippen LogP contribution in [0.4, 0.5) is 0 Å². The van der Waals surface area contributed by atoms with Crippen molar-refractivity contribution in [3.63, 3.8) is 0 Å². The molecule has 70 valence electrons. The summed E-state index contributed by atoms with van der Waals surface area (Å²) in [5.74, 6) is -0.992. The first-order valence-electron chi connectivity index (χ1n) is 4.12. The zero-order valence-corrected chi connectivity index (χ0v) is 7.75. The van der Waals surface area contributed by atoms with E-state index in [2.05, 4.69) is 10.3 Å². The summed E-state index contributed by atoms with van der Waals surface area (Å²) in [6.45, 7) is 1.28. The third kappa shape index (κ3) is 1.57. The zero-order chi connectivity index (χ0) is 9.26. The van der Waals surface area contributed by atoms with E-state index in [0.29, 0.717) is 6.54 Å². The number of carbonyl (C=O) groups is 1. The van der Waals surface area contributed by atoms with Gasteiger partial charge in [0.1, 0.15) is 0 Å². The van der Waals surface area contributed by atoms with Gasteiger partial charge in [-0.1, -0.05) is 0 Å². The number of nitrogens with one attached hydrogen (secondary N) is 1. The zero-order valence-electron chi connectivity index (χ0n) is 6.93. The molecule has 0 aliphatic carbocycles. The molecule has 0 spiro atoms. The van der Waals surface area contributed by atoms with E-state index in [4.69, 9.17) is 5.11 Å². The molecule has 2 heterocycles. The van der Waals surface area contributed by atoms with Crippen LogP contribution in [0, 0.1) is 5.92 Å². The summed E-state index contributed by atoms with van der Waals surface area (Å²) in [6, 6.07) is 0. The second kappa shape index (κ2) is 3.43. The average Bonchev–Trinajstić information content (AvgIpc) is 2.74. The van der Waals surface area contributed by atoms with Crippen LogP contribution in [0.3, 0.4) is 0 Å². The van der Waals surface area contributed by atoms with E-state index in [1.807, 2.05) is 5.38 Å². The Balaban J connectivity index is 2.19. The van der Waals surface area contributed by atoms with Crippen LogP contribution in [0.25, 0.3) is 0 Å². The number of carboxylic acids is 1. The number of hydrogen-bond acceptors (Lipinski definition) is 4. The summed E-state index contributed by atoms with van der Waals surface area (Å²) in [7, 11) is 0. The molecule has 1 aromatic heterocycles. The molecule has 1 saturated heterocycles. The number of carboxylic acid groups (broad SMARTS) is 1. The van der Waals surface area contributed by atoms with Crippen molar-refractivity contribution >= 4 is 17.3 Å². The molecule has 1 aromatic rings. The van der Waals surface area contributed by atoms with E-state index in [0.717, 1.165) is 11.6 Å². The highest BCUT2D eigenvalue weighted by molar-refractivity contribution is 7.09. The van der Waals surface area contributed by atoms with Crippen molar-refractivity contribution in [2.75, 3.05) is 13.1 Å². The van der Waals surface area contributed by atoms with E-state index < -0.39 is 5.97 Å². The van der Waals surface area contributed by atoms with Gasteiger partial charge in [0.05, 0.1) is 10.9 Å². The standard InChI is InChI=1S/C8H10N2O2S/c11-8(12)6-4-9-3-5(6)7-10-1-2-13-7/h1-2,5-6,9H,3-4H2,(H,11,12). The van der Waals surface area contributed by atoms with Gasteiger partial charge in [-0.2, -0.15) is 0 Å². The van der Waals surface area contributed by atoms with Crippen molar-refractivity contribution in [1.82, 2.24) is 10.3 Å². The number of thiazole rings is 1. The van der Waals surface area contributed by atoms with E-state index in [9.17, 15) is 4.79 Å². The van der Waals surface area contributed by atoms with Crippen LogP contribution in [0.15, 0.2) is 11.6 Å². The molecule has 0 amide bonds. The van der Waals surface area contributed by atoms with Gasteiger partial charge in [0.15, 0.2) is 0 Å². The fourth-order valence-corrected chi connectivity index (χ4v) is 2.42. The van der Waals surface area contributed by atoms with Crippen molar-refractivity contribution < 1.29 is 9.90 Å². The van der Waals surface area contributed by atoms with Crippen molar-refractivity contribution in [3.05, 3.63) is 16.6 Å². The average molecular weight is 198 g/mol. The Bertz CT molecular complexity index is 299. The van der Waals surface area contributed by atoms with Gasteiger partial charge in [-0.25, -0.2) is 4.98 Å². The molecule has 1 aliphatic rings. The van der Waals surface area contributed by atoms with Crippen molar-refractivity contribution in [2.24, 2.45) is 5.92 Å². The Morgan fingerprint density at radius 1 is 1.69 bits per heavy atom. The monoisotopic (exact) mass is 198 g/mol. The first kappa shape index (κ1) is 8.65. The molecule has 2 rings (SSSR count). The lowest BCUT2D eigenvalue weighted by molar-refractivity contribution is -0.141. The number of nitrogens with zero attached hydrogens (tertiary/aromatic N) is 1. The van der Waals surface area contributed by atoms with Gasteiger partial charge >= 0.3 is 5.97 Å². The Morgan fingerprint density at radius 2 is 2.54 bits per heavy atom. The van der Waals surface area contributed by atoms with Crippen LogP contribution in [-0.4, -0.2) is 29.1 Å². The second-order valence-corrected chi connectivity index (χ2v) is 4.01. The largest absolute Gasteiger partial charge is 0.481 e. The minimum atomic E-state index is -0.731. The lowest BCUT2D eigenvalue weighted by Crippen LogP contribution is -2.20. The van der Waals surface area contributed by atoms with E-state index in [-0.39, 0.29) is 11.8 Å². The molecule has 0 radical (unpaired) electrons. The second-order valence-electron chi connectivity index (χ2n) is 3.08. The molecule has 13 heavy (non-hydrogen) atoms. The lowest BCUT2D eigenvalue weighted by atomic mass is 9.97. The number of aliphatic carboxylic acids is 1. The van der Waals surface area contributed by atoms with Crippen LogP contribution < -0.4 is 5.32 Å². The predicted octanol–water partition coefficient (Wildman–Crippen LogP) is 0.531. The highest BCUT2D eigenvalue weighted by atomic mass is 32.1. The Morgan fingerprint density at radius 3 is 3.15 bits per heavy atom. The first-order valence-corrected chi connectivity index (χ1v) is 5.00. The van der Waals surface area contributed by atoms with Crippen molar-refractivity contribution in [3.8, 4) is 0 Å². The van der Waals surface area contributed by atoms with Gasteiger partial charge in [-0.3, -0.25) is 4.79 Å². The third-order valence-corrected chi connectivity index (χ3v) is 3.21. The molecule has 0 saturated carbocycles. The van der Waals surface area contributed by atoms with Crippen molar-refractivity contribution in [2.45, 2.75) is 5.92 Å². The highest BCUT2D eigenvalue weighted by Crippen LogP contribution is 2.29. The molecule has 2 N–H and O–H groups in total. The van der Waals surface area contributed by atoms with Gasteiger partial charge in [0, 0.05) is 30.6 Å². The van der Waals surface area contributed by atoms with Crippen LogP contribution in [-0.2, 0) is 4.79 Å². The topological polar surface area (TPSA) is 62.2 Å². The number of aromatic nitrogens is 1. The SMILES string of the molecule is O=C(O)C1CNCC1c1nccs1. The van der Waals surface area contributed by atoms with Crippen LogP contribution in [0.1, 0.15) is 10.9 Å². The van der Waals surface area contributed by atoms with Crippen LogP contribution >= 0.6 is 11.3 Å². The summed E-state index contributed by atoms with van der Waals surface area (Å²) >= 11 is 1.53. The van der Waals surface area contributed by atoms with Gasteiger partial charge in [0.2, 0.25) is 0 Å². The summed E-state index contributed by atoms with van der Waals surface area (Å²) in [5.41, 5.74) is 0. The maximum atomic E-state index is 10.8. The molecule has 2 unspecified atom stereocenters. The molecule has 1 aliphatic heterocycles. The normalized spacial score (nSPS) is 27.7. The Hall–Kier alpha value is -0.940. The lowest BCUT2D eigenvalue weighted by Gasteiger charge is -2.10. The molecule has 5 heteroatoms. The van der Waals surface area contributed by atoms with Crippen molar-refractivity contribution in [1.29, 1.82) is 0 Å². The maximum absolute atomic E-state index is 10.8. The molecule has 0 bridgehead atoms. The minimum absolute atomic E-state index is 0.0532. The van der Waals surface area contributed by atoms with E-state index in [1.165, 1.54) is 11.3 Å².